The van der Waals surface area contributed by atoms with E-state index in [1.54, 1.807) is 25.2 Å². The fourth-order valence-electron chi connectivity index (χ4n) is 6.02. The largest absolute Gasteiger partial charge is 0.493 e. The maximum Gasteiger partial charge on any atom is 0.329 e. The van der Waals surface area contributed by atoms with Crippen molar-refractivity contribution in [2.75, 3.05) is 27.4 Å². The smallest absolute Gasteiger partial charge is 0.329 e. The van der Waals surface area contributed by atoms with Crippen molar-refractivity contribution >= 4 is 17.7 Å². The zero-order chi connectivity index (χ0) is 33.4. The summed E-state index contributed by atoms with van der Waals surface area (Å²) in [6, 6.07) is 16.8. The van der Waals surface area contributed by atoms with Crippen molar-refractivity contribution in [2.24, 2.45) is 0 Å². The highest BCUT2D eigenvalue weighted by Crippen LogP contribution is 2.36. The summed E-state index contributed by atoms with van der Waals surface area (Å²) in [6.45, 7) is 9.87. The number of carbonyl (C=O) groups is 3. The Morgan fingerprint density at radius 3 is 2.37 bits per heavy atom. The molecule has 0 spiro atoms. The van der Waals surface area contributed by atoms with Gasteiger partial charge in [0.05, 0.1) is 20.1 Å². The first kappa shape index (κ1) is 34.5. The van der Waals surface area contributed by atoms with Crippen molar-refractivity contribution in [1.29, 1.82) is 0 Å². The van der Waals surface area contributed by atoms with Gasteiger partial charge < -0.3 is 23.8 Å². The third-order valence-corrected chi connectivity index (χ3v) is 8.81. The summed E-state index contributed by atoms with van der Waals surface area (Å²) < 4.78 is 23.0. The number of likely N-dealkylation sites (tertiary alicyclic amines) is 1. The van der Waals surface area contributed by atoms with Gasteiger partial charge in [-0.15, -0.1) is 0 Å². The molecule has 1 aliphatic heterocycles. The first-order valence-electron chi connectivity index (χ1n) is 16.0. The fraction of sp³-hybridized carbons (Fsp3) is 0.447. The summed E-state index contributed by atoms with van der Waals surface area (Å²) in [5, 5.41) is 0. The second-order valence-corrected chi connectivity index (χ2v) is 12.3. The molecule has 46 heavy (non-hydrogen) atoms. The number of ether oxygens (including phenoxy) is 4. The minimum atomic E-state index is -0.689. The highest BCUT2D eigenvalue weighted by Gasteiger charge is 2.37. The Labute approximate surface area is 273 Å². The van der Waals surface area contributed by atoms with Gasteiger partial charge in [-0.2, -0.15) is 0 Å². The number of Topliss-reactive ketones (excluding diaryl/α,β-unsaturated/α-hetero) is 1. The average molecular weight is 630 g/mol. The summed E-state index contributed by atoms with van der Waals surface area (Å²) in [5.41, 5.74) is 6.03. The van der Waals surface area contributed by atoms with Gasteiger partial charge in [0.15, 0.2) is 17.3 Å². The average Bonchev–Trinajstić information content (AvgIpc) is 3.06. The number of esters is 1. The van der Waals surface area contributed by atoms with Crippen LogP contribution in [0, 0.1) is 20.8 Å². The molecule has 1 saturated heterocycles. The van der Waals surface area contributed by atoms with E-state index in [1.807, 2.05) is 44.2 Å². The lowest BCUT2D eigenvalue weighted by Crippen LogP contribution is -2.50. The molecular weight excluding hydrogens is 582 g/mol. The summed E-state index contributed by atoms with van der Waals surface area (Å²) in [6.07, 6.45) is 2.86. The minimum absolute atomic E-state index is 0.0343. The molecule has 1 heterocycles. The van der Waals surface area contributed by atoms with Crippen LogP contribution in [0.25, 0.3) is 0 Å². The second kappa shape index (κ2) is 15.8. The van der Waals surface area contributed by atoms with Crippen LogP contribution in [0.15, 0.2) is 54.6 Å². The van der Waals surface area contributed by atoms with E-state index in [0.717, 1.165) is 35.1 Å². The van der Waals surface area contributed by atoms with Crippen LogP contribution in [0.5, 0.6) is 17.2 Å². The number of ketones is 1. The Balaban J connectivity index is 1.57. The summed E-state index contributed by atoms with van der Waals surface area (Å²) in [5.74, 6) is 0.614. The number of piperidine rings is 1. The highest BCUT2D eigenvalue weighted by molar-refractivity contribution is 5.89. The Morgan fingerprint density at radius 2 is 1.67 bits per heavy atom. The number of rotatable bonds is 13. The lowest BCUT2D eigenvalue weighted by molar-refractivity contribution is -0.162. The molecule has 246 valence electrons. The zero-order valence-corrected chi connectivity index (χ0v) is 28.2. The van der Waals surface area contributed by atoms with Crippen molar-refractivity contribution in [1.82, 2.24) is 4.90 Å². The van der Waals surface area contributed by atoms with E-state index in [0.29, 0.717) is 43.1 Å². The van der Waals surface area contributed by atoms with Gasteiger partial charge in [-0.25, -0.2) is 4.79 Å². The van der Waals surface area contributed by atoms with Crippen molar-refractivity contribution in [3.8, 4) is 17.2 Å². The van der Waals surface area contributed by atoms with Gasteiger partial charge >= 0.3 is 5.97 Å². The van der Waals surface area contributed by atoms with Crippen LogP contribution < -0.4 is 14.2 Å². The molecule has 3 aromatic carbocycles. The van der Waals surface area contributed by atoms with Crippen LogP contribution in [-0.4, -0.2) is 56.0 Å². The van der Waals surface area contributed by atoms with E-state index in [4.69, 9.17) is 18.9 Å². The Bertz CT molecular complexity index is 1550. The van der Waals surface area contributed by atoms with Gasteiger partial charge in [0.1, 0.15) is 24.5 Å². The molecule has 8 heteroatoms. The van der Waals surface area contributed by atoms with Crippen molar-refractivity contribution in [2.45, 2.75) is 84.8 Å². The number of hydrogen-bond acceptors (Lipinski definition) is 7. The first-order chi connectivity index (χ1) is 22.0. The number of nitrogens with zero attached hydrogens (tertiary/aromatic N) is 1. The lowest BCUT2D eigenvalue weighted by atomic mass is 9.94. The first-order valence-corrected chi connectivity index (χ1v) is 16.0. The monoisotopic (exact) mass is 629 g/mol. The molecule has 1 amide bonds. The van der Waals surface area contributed by atoms with Gasteiger partial charge in [-0.1, -0.05) is 36.4 Å². The molecule has 0 aliphatic carbocycles. The van der Waals surface area contributed by atoms with Crippen LogP contribution in [-0.2, 0) is 25.5 Å². The molecule has 0 saturated carbocycles. The van der Waals surface area contributed by atoms with Gasteiger partial charge in [0.25, 0.3) is 0 Å². The molecule has 8 nitrogen and oxygen atoms in total. The minimum Gasteiger partial charge on any atom is -0.493 e. The third kappa shape index (κ3) is 8.47. The van der Waals surface area contributed by atoms with E-state index >= 15 is 0 Å². The molecule has 1 fully saturated rings. The molecule has 0 aromatic heterocycles. The molecule has 3 aromatic rings. The molecule has 0 radical (unpaired) electrons. The molecule has 0 N–H and O–H groups in total. The number of aryl methyl sites for hydroxylation is 4. The van der Waals surface area contributed by atoms with Crippen molar-refractivity contribution in [3.63, 3.8) is 0 Å². The van der Waals surface area contributed by atoms with E-state index < -0.39 is 24.0 Å². The Hall–Kier alpha value is -4.33. The fourth-order valence-corrected chi connectivity index (χ4v) is 6.02. The van der Waals surface area contributed by atoms with Gasteiger partial charge in [0, 0.05) is 6.54 Å². The zero-order valence-electron chi connectivity index (χ0n) is 28.2. The third-order valence-electron chi connectivity index (χ3n) is 8.81. The number of amides is 1. The normalized spacial score (nSPS) is 15.9. The Morgan fingerprint density at radius 1 is 0.891 bits per heavy atom. The summed E-state index contributed by atoms with van der Waals surface area (Å²) in [7, 11) is 3.17. The number of benzene rings is 3. The van der Waals surface area contributed by atoms with Crippen molar-refractivity contribution < 1.29 is 33.3 Å². The predicted molar refractivity (Wildman–Crippen MR) is 178 cm³/mol. The quantitative estimate of drug-likeness (QED) is 0.188. The lowest BCUT2D eigenvalue weighted by Gasteiger charge is -2.36. The highest BCUT2D eigenvalue weighted by atomic mass is 16.5. The standard InChI is InChI=1S/C38H47NO7/c1-24-14-15-29(19-25(24)2)16-17-34(30-11-10-12-32(21-30)45-23-27(4)40)46-38(42)33-13-8-9-18-39(33)37(41)28(5)31-20-26(3)36(44-7)35(22-31)43-6/h10-12,14-15,19-22,28,33-34H,8-9,13,16-18,23H2,1-7H3/t28-,33-,34+/m0/s1. The van der Waals surface area contributed by atoms with Crippen LogP contribution in [0.1, 0.15) is 84.9 Å². The van der Waals surface area contributed by atoms with Gasteiger partial charge in [0.2, 0.25) is 5.91 Å². The van der Waals surface area contributed by atoms with Crippen molar-refractivity contribution in [3.05, 3.63) is 88.0 Å². The molecular formula is C38H47NO7. The number of methoxy groups -OCH3 is 2. The number of hydrogen-bond donors (Lipinski definition) is 0. The maximum atomic E-state index is 14.0. The van der Waals surface area contributed by atoms with Gasteiger partial charge in [-0.05, 0) is 118 Å². The van der Waals surface area contributed by atoms with E-state index in [-0.39, 0.29) is 18.3 Å². The predicted octanol–water partition coefficient (Wildman–Crippen LogP) is 7.00. The van der Waals surface area contributed by atoms with Crippen LogP contribution in [0.4, 0.5) is 0 Å². The van der Waals surface area contributed by atoms with Crippen LogP contribution in [0.3, 0.4) is 0 Å². The molecule has 1 aliphatic rings. The topological polar surface area (TPSA) is 91.4 Å². The summed E-state index contributed by atoms with van der Waals surface area (Å²) in [4.78, 5) is 41.2. The van der Waals surface area contributed by atoms with E-state index in [1.165, 1.54) is 18.1 Å². The number of carbonyl (C=O) groups excluding carboxylic acids is 3. The molecule has 0 bridgehead atoms. The maximum absolute atomic E-state index is 14.0. The molecule has 4 rings (SSSR count). The van der Waals surface area contributed by atoms with Crippen LogP contribution >= 0.6 is 0 Å². The SMILES string of the molecule is COc1cc([C@H](C)C(=O)N2CCCC[C@H]2C(=O)O[C@H](CCc2ccc(C)c(C)c2)c2cccc(OCC(C)=O)c2)cc(C)c1OC. The molecule has 3 atom stereocenters. The van der Waals surface area contributed by atoms with E-state index in [9.17, 15) is 14.4 Å². The second-order valence-electron chi connectivity index (χ2n) is 12.3. The summed E-state index contributed by atoms with van der Waals surface area (Å²) >= 11 is 0. The van der Waals surface area contributed by atoms with Gasteiger partial charge in [-0.3, -0.25) is 9.59 Å². The van der Waals surface area contributed by atoms with E-state index in [2.05, 4.69) is 32.0 Å². The molecule has 0 unspecified atom stereocenters. The Kier molecular flexibility index (Phi) is 11.9. The van der Waals surface area contributed by atoms with Crippen LogP contribution in [0.2, 0.25) is 0 Å².